The van der Waals surface area contributed by atoms with Gasteiger partial charge >= 0.3 is 0 Å². The number of amides is 1. The molecule has 0 aliphatic rings. The van der Waals surface area contributed by atoms with Crippen LogP contribution in [0.3, 0.4) is 0 Å². The average Bonchev–Trinajstić information content (AvgIpc) is 2.62. The Hall–Kier alpha value is -3.74. The van der Waals surface area contributed by atoms with Gasteiger partial charge in [-0.15, -0.1) is 0 Å². The van der Waals surface area contributed by atoms with Crippen LogP contribution in [0.5, 0.6) is 0 Å². The highest BCUT2D eigenvalue weighted by Gasteiger charge is 2.12. The Labute approximate surface area is 142 Å². The molecule has 7 heteroatoms. The monoisotopic (exact) mass is 335 g/mol. The van der Waals surface area contributed by atoms with Crippen LogP contribution in [-0.2, 0) is 0 Å². The van der Waals surface area contributed by atoms with E-state index in [4.69, 9.17) is 0 Å². The van der Waals surface area contributed by atoms with E-state index in [1.165, 1.54) is 30.3 Å². The molecule has 0 saturated heterocycles. The Bertz CT molecular complexity index is 979. The number of anilines is 1. The number of carbonyl (C=O) groups is 1. The number of nitro benzene ring substituents is 1. The fraction of sp³-hybridized carbons (Fsp3) is 0. The zero-order valence-corrected chi connectivity index (χ0v) is 12.9. The maximum absolute atomic E-state index is 12.2. The first kappa shape index (κ1) is 16.1. The highest BCUT2D eigenvalue weighted by atomic mass is 16.6. The van der Waals surface area contributed by atoms with Gasteiger partial charge in [0, 0.05) is 23.5 Å². The van der Waals surface area contributed by atoms with E-state index in [-0.39, 0.29) is 11.3 Å². The predicted octanol–water partition coefficient (Wildman–Crippen LogP) is 3.20. The van der Waals surface area contributed by atoms with Gasteiger partial charge in [-0.05, 0) is 29.8 Å². The van der Waals surface area contributed by atoms with Crippen LogP contribution in [0.1, 0.15) is 10.4 Å². The van der Waals surface area contributed by atoms with Crippen molar-refractivity contribution in [3.8, 4) is 11.3 Å². The zero-order valence-electron chi connectivity index (χ0n) is 12.9. The molecular formula is C18H13N3O4. The second kappa shape index (κ2) is 6.79. The molecule has 25 heavy (non-hydrogen) atoms. The molecule has 1 amide bonds. The van der Waals surface area contributed by atoms with Crippen molar-refractivity contribution >= 4 is 17.3 Å². The fourth-order valence-electron chi connectivity index (χ4n) is 2.30. The molecule has 0 radical (unpaired) electrons. The SMILES string of the molecule is O=C(Nc1ccc([N+](=O)[O-])cc1)c1ccc(-c2ccccc2)[nH]c1=O. The standard InChI is InChI=1S/C18H13N3O4/c22-17(19-13-6-8-14(9-7-13)21(24)25)15-10-11-16(20-18(15)23)12-4-2-1-3-5-12/h1-11H,(H,19,22)(H,20,23). The van der Waals surface area contributed by atoms with Gasteiger partial charge in [0.25, 0.3) is 17.2 Å². The lowest BCUT2D eigenvalue weighted by atomic mass is 10.1. The third-order valence-electron chi connectivity index (χ3n) is 3.57. The van der Waals surface area contributed by atoms with Crippen molar-refractivity contribution in [1.29, 1.82) is 0 Å². The number of nitrogens with one attached hydrogen (secondary N) is 2. The molecule has 1 heterocycles. The Morgan fingerprint density at radius 3 is 2.24 bits per heavy atom. The quantitative estimate of drug-likeness (QED) is 0.564. The van der Waals surface area contributed by atoms with E-state index in [2.05, 4.69) is 10.3 Å². The maximum atomic E-state index is 12.2. The Balaban J connectivity index is 1.80. The van der Waals surface area contributed by atoms with Gasteiger partial charge in [-0.3, -0.25) is 19.7 Å². The molecule has 2 aromatic carbocycles. The minimum Gasteiger partial charge on any atom is -0.322 e. The Kier molecular flexibility index (Phi) is 4.38. The molecule has 7 nitrogen and oxygen atoms in total. The molecule has 0 fully saturated rings. The van der Waals surface area contributed by atoms with Gasteiger partial charge in [-0.2, -0.15) is 0 Å². The van der Waals surface area contributed by atoms with Crippen LogP contribution < -0.4 is 10.9 Å². The second-order valence-electron chi connectivity index (χ2n) is 5.24. The number of nitrogens with zero attached hydrogens (tertiary/aromatic N) is 1. The van der Waals surface area contributed by atoms with Crippen LogP contribution >= 0.6 is 0 Å². The minimum absolute atomic E-state index is 0.0435. The molecule has 3 rings (SSSR count). The first-order valence-electron chi connectivity index (χ1n) is 7.39. The van der Waals surface area contributed by atoms with E-state index in [0.29, 0.717) is 11.4 Å². The fourth-order valence-corrected chi connectivity index (χ4v) is 2.30. The van der Waals surface area contributed by atoms with Crippen molar-refractivity contribution in [2.45, 2.75) is 0 Å². The van der Waals surface area contributed by atoms with Gasteiger partial charge in [0.2, 0.25) is 0 Å². The minimum atomic E-state index is -0.588. The van der Waals surface area contributed by atoms with E-state index in [9.17, 15) is 19.7 Å². The zero-order chi connectivity index (χ0) is 17.8. The van der Waals surface area contributed by atoms with Gasteiger partial charge in [0.1, 0.15) is 5.56 Å². The van der Waals surface area contributed by atoms with Crippen LogP contribution in [-0.4, -0.2) is 15.8 Å². The smallest absolute Gasteiger partial charge is 0.269 e. The van der Waals surface area contributed by atoms with Crippen molar-refractivity contribution in [3.05, 3.63) is 92.8 Å². The number of nitro groups is 1. The summed E-state index contributed by atoms with van der Waals surface area (Å²) in [6.45, 7) is 0. The summed E-state index contributed by atoms with van der Waals surface area (Å²) >= 11 is 0. The van der Waals surface area contributed by atoms with Crippen LogP contribution in [0.4, 0.5) is 11.4 Å². The lowest BCUT2D eigenvalue weighted by molar-refractivity contribution is -0.384. The largest absolute Gasteiger partial charge is 0.322 e. The highest BCUT2D eigenvalue weighted by Crippen LogP contribution is 2.17. The average molecular weight is 335 g/mol. The van der Waals surface area contributed by atoms with Crippen LogP contribution in [0.2, 0.25) is 0 Å². The first-order chi connectivity index (χ1) is 12.0. The molecule has 0 spiro atoms. The molecule has 1 aromatic heterocycles. The number of aromatic amines is 1. The van der Waals surface area contributed by atoms with E-state index >= 15 is 0 Å². The number of rotatable bonds is 4. The van der Waals surface area contributed by atoms with E-state index < -0.39 is 16.4 Å². The van der Waals surface area contributed by atoms with E-state index in [0.717, 1.165) is 5.56 Å². The topological polar surface area (TPSA) is 105 Å². The number of pyridine rings is 1. The molecule has 0 atom stereocenters. The van der Waals surface area contributed by atoms with Crippen LogP contribution in [0, 0.1) is 10.1 Å². The summed E-state index contributed by atoms with van der Waals surface area (Å²) in [4.78, 5) is 37.2. The summed E-state index contributed by atoms with van der Waals surface area (Å²) in [5.41, 5.74) is 1.17. The van der Waals surface area contributed by atoms with Gasteiger partial charge in [0.05, 0.1) is 4.92 Å². The lowest BCUT2D eigenvalue weighted by Crippen LogP contribution is -2.23. The Morgan fingerprint density at radius 2 is 1.64 bits per heavy atom. The van der Waals surface area contributed by atoms with Gasteiger partial charge in [-0.25, -0.2) is 0 Å². The molecule has 0 aliphatic heterocycles. The van der Waals surface area contributed by atoms with Gasteiger partial charge in [0.15, 0.2) is 0 Å². The van der Waals surface area contributed by atoms with Crippen molar-refractivity contribution < 1.29 is 9.72 Å². The van der Waals surface area contributed by atoms with E-state index in [1.54, 1.807) is 6.07 Å². The molecule has 124 valence electrons. The molecule has 2 N–H and O–H groups in total. The summed E-state index contributed by atoms with van der Waals surface area (Å²) in [7, 11) is 0. The third-order valence-corrected chi connectivity index (χ3v) is 3.57. The number of aromatic nitrogens is 1. The Morgan fingerprint density at radius 1 is 0.960 bits per heavy atom. The molecule has 0 unspecified atom stereocenters. The lowest BCUT2D eigenvalue weighted by Gasteiger charge is -2.06. The normalized spacial score (nSPS) is 10.2. The first-order valence-corrected chi connectivity index (χ1v) is 7.39. The number of hydrogen-bond donors (Lipinski definition) is 2. The number of non-ortho nitro benzene ring substituents is 1. The third kappa shape index (κ3) is 3.61. The van der Waals surface area contributed by atoms with Crippen LogP contribution in [0.25, 0.3) is 11.3 Å². The van der Waals surface area contributed by atoms with Crippen molar-refractivity contribution in [2.24, 2.45) is 0 Å². The maximum Gasteiger partial charge on any atom is 0.269 e. The number of carbonyl (C=O) groups excluding carboxylic acids is 1. The molecule has 0 saturated carbocycles. The number of hydrogen-bond acceptors (Lipinski definition) is 4. The van der Waals surface area contributed by atoms with Crippen molar-refractivity contribution in [3.63, 3.8) is 0 Å². The van der Waals surface area contributed by atoms with E-state index in [1.807, 2.05) is 30.3 Å². The summed E-state index contributed by atoms with van der Waals surface area (Å²) in [6, 6.07) is 17.7. The summed E-state index contributed by atoms with van der Waals surface area (Å²) in [5, 5.41) is 13.2. The van der Waals surface area contributed by atoms with Gasteiger partial charge < -0.3 is 10.3 Å². The summed E-state index contributed by atoms with van der Waals surface area (Å²) in [6.07, 6.45) is 0. The van der Waals surface area contributed by atoms with Crippen LogP contribution in [0.15, 0.2) is 71.5 Å². The van der Waals surface area contributed by atoms with Gasteiger partial charge in [-0.1, -0.05) is 30.3 Å². The highest BCUT2D eigenvalue weighted by molar-refractivity contribution is 6.04. The molecule has 3 aromatic rings. The summed E-state index contributed by atoms with van der Waals surface area (Å²) < 4.78 is 0. The van der Waals surface area contributed by atoms with Crippen molar-refractivity contribution in [1.82, 2.24) is 4.98 Å². The number of H-pyrrole nitrogens is 1. The second-order valence-corrected chi connectivity index (χ2v) is 5.24. The molecule has 0 aliphatic carbocycles. The summed E-state index contributed by atoms with van der Waals surface area (Å²) in [5.74, 6) is -0.588. The molecule has 0 bridgehead atoms. The van der Waals surface area contributed by atoms with Crippen molar-refractivity contribution in [2.75, 3.05) is 5.32 Å². The number of benzene rings is 2. The predicted molar refractivity (Wildman–Crippen MR) is 93.5 cm³/mol. The molecular weight excluding hydrogens is 322 g/mol.